The molecule has 5 aliphatic rings. The van der Waals surface area contributed by atoms with Gasteiger partial charge in [-0.2, -0.15) is 0 Å². The third kappa shape index (κ3) is 2.95. The molecule has 1 N–H and O–H groups in total. The highest BCUT2D eigenvalue weighted by Crippen LogP contribution is 2.65. The van der Waals surface area contributed by atoms with E-state index in [1.54, 1.807) is 48.5 Å². The third-order valence-electron chi connectivity index (χ3n) is 7.61. The second-order valence-electron chi connectivity index (χ2n) is 9.24. The van der Waals surface area contributed by atoms with Crippen molar-refractivity contribution in [1.82, 2.24) is 0 Å². The van der Waals surface area contributed by atoms with Gasteiger partial charge in [-0.3, -0.25) is 19.3 Å². The van der Waals surface area contributed by atoms with E-state index in [0.29, 0.717) is 34.3 Å². The lowest BCUT2D eigenvalue weighted by Crippen LogP contribution is -2.40. The summed E-state index contributed by atoms with van der Waals surface area (Å²) in [6, 6.07) is 12.9. The van der Waals surface area contributed by atoms with Crippen molar-refractivity contribution in [2.24, 2.45) is 35.5 Å². The van der Waals surface area contributed by atoms with Gasteiger partial charge < -0.3 is 10.1 Å². The van der Waals surface area contributed by atoms with Gasteiger partial charge in [-0.25, -0.2) is 4.79 Å². The van der Waals surface area contributed by atoms with Crippen molar-refractivity contribution in [1.29, 1.82) is 0 Å². The number of methoxy groups -OCH3 is 1. The number of ether oxygens (including phenoxy) is 1. The Labute approximate surface area is 190 Å². The summed E-state index contributed by atoms with van der Waals surface area (Å²) in [5.41, 5.74) is 1.83. The Morgan fingerprint density at radius 3 is 1.94 bits per heavy atom. The van der Waals surface area contributed by atoms with Gasteiger partial charge in [0.2, 0.25) is 11.8 Å². The number of rotatable bonds is 4. The van der Waals surface area contributed by atoms with Gasteiger partial charge in [0.05, 0.1) is 30.2 Å². The number of esters is 1. The van der Waals surface area contributed by atoms with Crippen LogP contribution < -0.4 is 10.2 Å². The molecule has 1 saturated heterocycles. The Morgan fingerprint density at radius 2 is 1.39 bits per heavy atom. The number of carbonyl (C=O) groups is 4. The minimum atomic E-state index is -0.449. The summed E-state index contributed by atoms with van der Waals surface area (Å²) in [5.74, 6) is -0.00676. The number of benzene rings is 2. The second kappa shape index (κ2) is 7.13. The zero-order valence-electron chi connectivity index (χ0n) is 17.9. The van der Waals surface area contributed by atoms with Crippen LogP contribution in [0, 0.1) is 35.5 Å². The van der Waals surface area contributed by atoms with Crippen LogP contribution in [-0.4, -0.2) is 30.8 Å². The highest BCUT2D eigenvalue weighted by Gasteiger charge is 2.67. The Morgan fingerprint density at radius 1 is 0.848 bits per heavy atom. The Hall–Kier alpha value is -3.74. The molecule has 7 rings (SSSR count). The smallest absolute Gasteiger partial charge is 0.337 e. The normalized spacial score (nSPS) is 30.6. The van der Waals surface area contributed by atoms with Crippen LogP contribution in [-0.2, 0) is 14.3 Å². The average Bonchev–Trinajstić information content (AvgIpc) is 3.62. The topological polar surface area (TPSA) is 92.8 Å². The fourth-order valence-electron chi connectivity index (χ4n) is 5.98. The summed E-state index contributed by atoms with van der Waals surface area (Å²) in [6.07, 6.45) is 5.44. The molecule has 33 heavy (non-hydrogen) atoms. The summed E-state index contributed by atoms with van der Waals surface area (Å²) in [5, 5.41) is 2.77. The molecule has 2 aromatic carbocycles. The maximum atomic E-state index is 13.2. The summed E-state index contributed by atoms with van der Waals surface area (Å²) in [6.45, 7) is 0. The van der Waals surface area contributed by atoms with Gasteiger partial charge >= 0.3 is 5.97 Å². The van der Waals surface area contributed by atoms with Gasteiger partial charge in [0.25, 0.3) is 5.91 Å². The van der Waals surface area contributed by atoms with Crippen LogP contribution in [0.2, 0.25) is 0 Å². The molecule has 2 aromatic rings. The van der Waals surface area contributed by atoms with Crippen LogP contribution in [0.15, 0.2) is 60.7 Å². The number of amides is 3. The second-order valence-corrected chi connectivity index (χ2v) is 9.24. The standard InChI is InChI=1S/C26H22N2O5/c1-33-26(32)14-2-6-15(7-3-14)27-23(29)13-4-8-16(9-5-13)28-24(30)21-17-10-11-18(20-12-19(17)20)22(21)25(28)31/h2-11,17-22H,12H2,1H3,(H,27,29)/t17-,18-,19-,20-,21-,22+/m1/s1. The molecular formula is C26H22N2O5. The van der Waals surface area contributed by atoms with Crippen molar-refractivity contribution in [2.75, 3.05) is 17.3 Å². The van der Waals surface area contributed by atoms with E-state index in [9.17, 15) is 19.2 Å². The molecule has 4 aliphatic carbocycles. The van der Waals surface area contributed by atoms with E-state index in [1.165, 1.54) is 12.0 Å². The molecule has 3 fully saturated rings. The van der Waals surface area contributed by atoms with Crippen LogP contribution in [0.3, 0.4) is 0 Å². The molecular weight excluding hydrogens is 420 g/mol. The van der Waals surface area contributed by atoms with E-state index in [4.69, 9.17) is 0 Å². The number of nitrogens with one attached hydrogen (secondary N) is 1. The summed E-state index contributed by atoms with van der Waals surface area (Å²) >= 11 is 0. The SMILES string of the molecule is COC(=O)c1ccc(NC(=O)c2ccc(N3C(=O)[C@@H]4[C@@H]5C=C[C@H]([C@H]6C[C@H]56)[C@@H]4C3=O)cc2)cc1. The first-order valence-electron chi connectivity index (χ1n) is 11.1. The van der Waals surface area contributed by atoms with Gasteiger partial charge in [0, 0.05) is 11.3 Å². The van der Waals surface area contributed by atoms with Crippen molar-refractivity contribution in [3.8, 4) is 0 Å². The largest absolute Gasteiger partial charge is 0.465 e. The van der Waals surface area contributed by atoms with Gasteiger partial charge in [0.1, 0.15) is 0 Å². The van der Waals surface area contributed by atoms with E-state index in [1.807, 2.05) is 0 Å². The number of carbonyl (C=O) groups excluding carboxylic acids is 4. The zero-order valence-corrected chi connectivity index (χ0v) is 17.9. The third-order valence-corrected chi connectivity index (χ3v) is 7.61. The maximum Gasteiger partial charge on any atom is 0.337 e. The molecule has 2 saturated carbocycles. The first kappa shape index (κ1) is 19.9. The number of hydrogen-bond donors (Lipinski definition) is 1. The predicted octanol–water partition coefficient (Wildman–Crippen LogP) is 3.28. The molecule has 3 amide bonds. The molecule has 1 heterocycles. The summed E-state index contributed by atoms with van der Waals surface area (Å²) < 4.78 is 4.67. The van der Waals surface area contributed by atoms with Crippen molar-refractivity contribution >= 4 is 35.1 Å². The maximum absolute atomic E-state index is 13.2. The number of allylic oxidation sites excluding steroid dienone is 2. The predicted molar refractivity (Wildman–Crippen MR) is 119 cm³/mol. The molecule has 7 nitrogen and oxygen atoms in total. The van der Waals surface area contributed by atoms with Crippen molar-refractivity contribution < 1.29 is 23.9 Å². The van der Waals surface area contributed by atoms with Crippen molar-refractivity contribution in [3.05, 3.63) is 71.8 Å². The Bertz CT molecular complexity index is 1180. The first-order valence-corrected chi connectivity index (χ1v) is 11.1. The highest BCUT2D eigenvalue weighted by atomic mass is 16.5. The van der Waals surface area contributed by atoms with Crippen LogP contribution in [0.5, 0.6) is 0 Å². The fourth-order valence-corrected chi connectivity index (χ4v) is 5.98. The van der Waals surface area contributed by atoms with Gasteiger partial charge in [-0.05, 0) is 78.6 Å². The van der Waals surface area contributed by atoms with E-state index >= 15 is 0 Å². The quantitative estimate of drug-likeness (QED) is 0.446. The average molecular weight is 442 g/mol. The number of anilines is 2. The minimum absolute atomic E-state index is 0.113. The number of nitrogens with zero attached hydrogens (tertiary/aromatic N) is 1. The van der Waals surface area contributed by atoms with E-state index < -0.39 is 5.97 Å². The van der Waals surface area contributed by atoms with Gasteiger partial charge in [-0.15, -0.1) is 0 Å². The van der Waals surface area contributed by atoms with Crippen LogP contribution >= 0.6 is 0 Å². The minimum Gasteiger partial charge on any atom is -0.465 e. The lowest BCUT2D eigenvalue weighted by Gasteiger charge is -2.37. The zero-order chi connectivity index (χ0) is 22.9. The van der Waals surface area contributed by atoms with Crippen molar-refractivity contribution in [2.45, 2.75) is 6.42 Å². The molecule has 0 radical (unpaired) electrons. The van der Waals surface area contributed by atoms with Crippen LogP contribution in [0.4, 0.5) is 11.4 Å². The molecule has 0 spiro atoms. The molecule has 166 valence electrons. The molecule has 6 atom stereocenters. The van der Waals surface area contributed by atoms with E-state index in [2.05, 4.69) is 22.2 Å². The van der Waals surface area contributed by atoms with Crippen LogP contribution in [0.25, 0.3) is 0 Å². The summed E-state index contributed by atoms with van der Waals surface area (Å²) in [7, 11) is 1.31. The van der Waals surface area contributed by atoms with E-state index in [-0.39, 0.29) is 41.4 Å². The highest BCUT2D eigenvalue weighted by molar-refractivity contribution is 6.22. The monoisotopic (exact) mass is 442 g/mol. The molecule has 2 bridgehead atoms. The fraction of sp³-hybridized carbons (Fsp3) is 0.308. The van der Waals surface area contributed by atoms with Gasteiger partial charge in [0.15, 0.2) is 0 Å². The van der Waals surface area contributed by atoms with Crippen LogP contribution in [0.1, 0.15) is 27.1 Å². The van der Waals surface area contributed by atoms with Crippen molar-refractivity contribution in [3.63, 3.8) is 0 Å². The summed E-state index contributed by atoms with van der Waals surface area (Å²) in [4.78, 5) is 51.9. The molecule has 0 aromatic heterocycles. The van der Waals surface area contributed by atoms with E-state index in [0.717, 1.165) is 6.42 Å². The molecule has 7 heteroatoms. The Kier molecular flexibility index (Phi) is 4.30. The number of hydrogen-bond acceptors (Lipinski definition) is 5. The lowest BCUT2D eigenvalue weighted by molar-refractivity contribution is -0.124. The number of imide groups is 1. The Balaban J connectivity index is 1.18. The molecule has 1 aliphatic heterocycles. The molecule has 0 unspecified atom stereocenters. The van der Waals surface area contributed by atoms with Gasteiger partial charge in [-0.1, -0.05) is 12.2 Å². The lowest BCUT2D eigenvalue weighted by atomic mass is 9.63. The first-order chi connectivity index (χ1) is 16.0.